The lowest BCUT2D eigenvalue weighted by Gasteiger charge is -2.23. The first-order chi connectivity index (χ1) is 8.36. The first-order valence-electron chi connectivity index (χ1n) is 6.00. The number of rotatable bonds is 6. The van der Waals surface area contributed by atoms with Crippen LogP contribution in [0.25, 0.3) is 0 Å². The molecule has 0 aromatic carbocycles. The molecule has 1 rings (SSSR count). The molecule has 1 unspecified atom stereocenters. The van der Waals surface area contributed by atoms with Crippen LogP contribution >= 0.6 is 11.3 Å². The summed E-state index contributed by atoms with van der Waals surface area (Å²) in [6.07, 6.45) is 2.69. The summed E-state index contributed by atoms with van der Waals surface area (Å²) in [6, 6.07) is 0.229. The zero-order valence-corrected chi connectivity index (χ0v) is 12.2. The van der Waals surface area contributed by atoms with Gasteiger partial charge in [-0.15, -0.1) is 11.3 Å². The molecular weight excluding hydrogens is 248 g/mol. The average Bonchev–Trinajstić information content (AvgIpc) is 2.74. The summed E-state index contributed by atoms with van der Waals surface area (Å²) in [6.45, 7) is 8.86. The number of nitrogens with two attached hydrogens (primary N) is 1. The molecule has 0 radical (unpaired) electrons. The molecule has 18 heavy (non-hydrogen) atoms. The van der Waals surface area contributed by atoms with Crippen LogP contribution in [0.5, 0.6) is 0 Å². The molecule has 6 heteroatoms. The Balaban J connectivity index is 2.42. The molecule has 0 aliphatic carbocycles. The highest BCUT2D eigenvalue weighted by Crippen LogP contribution is 2.22. The van der Waals surface area contributed by atoms with E-state index in [4.69, 9.17) is 10.9 Å². The van der Waals surface area contributed by atoms with Crippen molar-refractivity contribution in [3.05, 3.63) is 16.1 Å². The first-order valence-corrected chi connectivity index (χ1v) is 6.82. The Morgan fingerprint density at radius 3 is 2.83 bits per heavy atom. The Kier molecular flexibility index (Phi) is 5.10. The fraction of sp³-hybridized carbons (Fsp3) is 0.667. The maximum Gasteiger partial charge on any atom is 0.144 e. The molecule has 102 valence electrons. The molecule has 0 aliphatic heterocycles. The Bertz CT molecular complexity index is 414. The number of oxime groups is 1. The van der Waals surface area contributed by atoms with E-state index in [0.717, 1.165) is 18.0 Å². The summed E-state index contributed by atoms with van der Waals surface area (Å²) in [5.41, 5.74) is 5.34. The lowest BCUT2D eigenvalue weighted by molar-refractivity contribution is 0.304. The Morgan fingerprint density at radius 1 is 1.67 bits per heavy atom. The van der Waals surface area contributed by atoms with Gasteiger partial charge in [0.1, 0.15) is 10.8 Å². The van der Waals surface area contributed by atoms with Gasteiger partial charge >= 0.3 is 0 Å². The number of hydrogen-bond acceptors (Lipinski definition) is 5. The van der Waals surface area contributed by atoms with E-state index in [-0.39, 0.29) is 17.3 Å². The third kappa shape index (κ3) is 3.96. The van der Waals surface area contributed by atoms with Gasteiger partial charge in [-0.25, -0.2) is 4.98 Å². The Morgan fingerprint density at radius 2 is 2.33 bits per heavy atom. The molecule has 0 amide bonds. The van der Waals surface area contributed by atoms with Gasteiger partial charge in [0.15, 0.2) is 0 Å². The minimum Gasteiger partial charge on any atom is -0.409 e. The van der Waals surface area contributed by atoms with E-state index < -0.39 is 0 Å². The summed E-state index contributed by atoms with van der Waals surface area (Å²) >= 11 is 1.70. The van der Waals surface area contributed by atoms with E-state index in [0.29, 0.717) is 0 Å². The van der Waals surface area contributed by atoms with E-state index in [1.807, 2.05) is 20.0 Å². The number of nitrogens with zero attached hydrogens (tertiary/aromatic N) is 2. The van der Waals surface area contributed by atoms with Crippen LogP contribution in [-0.2, 0) is 0 Å². The van der Waals surface area contributed by atoms with Gasteiger partial charge in [0, 0.05) is 16.5 Å². The average molecular weight is 270 g/mol. The third-order valence-electron chi connectivity index (χ3n) is 3.01. The second-order valence-corrected chi connectivity index (χ2v) is 6.37. The van der Waals surface area contributed by atoms with Crippen LogP contribution in [0.2, 0.25) is 0 Å². The van der Waals surface area contributed by atoms with Crippen LogP contribution in [0.1, 0.15) is 43.1 Å². The van der Waals surface area contributed by atoms with Gasteiger partial charge < -0.3 is 16.3 Å². The number of aromatic nitrogens is 1. The van der Waals surface area contributed by atoms with Crippen molar-refractivity contribution < 1.29 is 5.21 Å². The van der Waals surface area contributed by atoms with Gasteiger partial charge in [-0.1, -0.05) is 19.0 Å². The molecule has 0 saturated carbocycles. The quantitative estimate of drug-likeness (QED) is 0.320. The zero-order chi connectivity index (χ0) is 13.8. The minimum atomic E-state index is -0.305. The second kappa shape index (κ2) is 6.15. The SMILES string of the molecule is Cc1cnc(C(C)NCCC(C)(C)/C(N)=N/O)s1. The summed E-state index contributed by atoms with van der Waals surface area (Å²) in [7, 11) is 0. The standard InChI is InChI=1S/C12H22N4OS/c1-8-7-15-10(18-8)9(2)14-6-5-12(3,4)11(13)16-17/h7,9,14,17H,5-6H2,1-4H3,(H2,13,16). The first kappa shape index (κ1) is 14.9. The smallest absolute Gasteiger partial charge is 0.144 e. The molecule has 5 nitrogen and oxygen atoms in total. The van der Waals surface area contributed by atoms with Crippen LogP contribution in [0, 0.1) is 12.3 Å². The molecule has 1 aromatic heterocycles. The molecule has 0 fully saturated rings. The van der Waals surface area contributed by atoms with E-state index in [2.05, 4.69) is 29.3 Å². The Labute approximate surface area is 112 Å². The Hall–Kier alpha value is -1.14. The van der Waals surface area contributed by atoms with Crippen molar-refractivity contribution in [1.82, 2.24) is 10.3 Å². The summed E-state index contributed by atoms with van der Waals surface area (Å²) in [5, 5.41) is 16.3. The van der Waals surface area contributed by atoms with Gasteiger partial charge in [-0.3, -0.25) is 0 Å². The number of nitrogens with one attached hydrogen (secondary N) is 1. The van der Waals surface area contributed by atoms with Crippen LogP contribution < -0.4 is 11.1 Å². The number of amidine groups is 1. The zero-order valence-electron chi connectivity index (χ0n) is 11.4. The van der Waals surface area contributed by atoms with E-state index >= 15 is 0 Å². The molecule has 1 atom stereocenters. The van der Waals surface area contributed by atoms with Crippen molar-refractivity contribution in [2.24, 2.45) is 16.3 Å². The fourth-order valence-electron chi connectivity index (χ4n) is 1.52. The number of aryl methyl sites for hydroxylation is 1. The van der Waals surface area contributed by atoms with Gasteiger partial charge in [0.05, 0.1) is 6.04 Å². The highest BCUT2D eigenvalue weighted by molar-refractivity contribution is 7.11. The minimum absolute atomic E-state index is 0.229. The molecular formula is C12H22N4OS. The highest BCUT2D eigenvalue weighted by Gasteiger charge is 2.23. The van der Waals surface area contributed by atoms with Crippen LogP contribution in [0.15, 0.2) is 11.4 Å². The van der Waals surface area contributed by atoms with Gasteiger partial charge in [-0.05, 0) is 26.8 Å². The van der Waals surface area contributed by atoms with Crippen molar-refractivity contribution >= 4 is 17.2 Å². The van der Waals surface area contributed by atoms with Crippen molar-refractivity contribution in [3.8, 4) is 0 Å². The lowest BCUT2D eigenvalue weighted by Crippen LogP contribution is -2.35. The summed E-state index contributed by atoms with van der Waals surface area (Å²) < 4.78 is 0. The maximum absolute atomic E-state index is 8.69. The normalized spacial score (nSPS) is 14.8. The van der Waals surface area contributed by atoms with Crippen molar-refractivity contribution in [1.29, 1.82) is 0 Å². The van der Waals surface area contributed by atoms with E-state index in [1.165, 1.54) is 4.88 Å². The molecule has 4 N–H and O–H groups in total. The monoisotopic (exact) mass is 270 g/mol. The van der Waals surface area contributed by atoms with Crippen molar-refractivity contribution in [2.75, 3.05) is 6.54 Å². The molecule has 0 aliphatic rings. The molecule has 1 aromatic rings. The second-order valence-electron chi connectivity index (χ2n) is 5.10. The van der Waals surface area contributed by atoms with Crippen molar-refractivity contribution in [2.45, 2.75) is 40.2 Å². The van der Waals surface area contributed by atoms with Crippen LogP contribution in [0.4, 0.5) is 0 Å². The van der Waals surface area contributed by atoms with Gasteiger partial charge in [0.25, 0.3) is 0 Å². The molecule has 0 saturated heterocycles. The number of hydrogen-bond donors (Lipinski definition) is 3. The fourth-order valence-corrected chi connectivity index (χ4v) is 2.33. The maximum atomic E-state index is 8.69. The molecule has 0 spiro atoms. The topological polar surface area (TPSA) is 83.5 Å². The van der Waals surface area contributed by atoms with Crippen molar-refractivity contribution in [3.63, 3.8) is 0 Å². The van der Waals surface area contributed by atoms with Crippen LogP contribution in [0.3, 0.4) is 0 Å². The molecule has 0 bridgehead atoms. The predicted molar refractivity (Wildman–Crippen MR) is 75.1 cm³/mol. The predicted octanol–water partition coefficient (Wildman–Crippen LogP) is 2.26. The van der Waals surface area contributed by atoms with Gasteiger partial charge in [0.2, 0.25) is 0 Å². The largest absolute Gasteiger partial charge is 0.409 e. The van der Waals surface area contributed by atoms with E-state index in [9.17, 15) is 0 Å². The number of thiazole rings is 1. The molecule has 1 heterocycles. The summed E-state index contributed by atoms with van der Waals surface area (Å²) in [4.78, 5) is 5.57. The third-order valence-corrected chi connectivity index (χ3v) is 4.11. The van der Waals surface area contributed by atoms with Crippen LogP contribution in [-0.4, -0.2) is 22.6 Å². The van der Waals surface area contributed by atoms with Gasteiger partial charge in [-0.2, -0.15) is 0 Å². The van der Waals surface area contributed by atoms with E-state index in [1.54, 1.807) is 11.3 Å². The summed E-state index contributed by atoms with van der Waals surface area (Å²) in [5.74, 6) is 0.266. The highest BCUT2D eigenvalue weighted by atomic mass is 32.1. The lowest BCUT2D eigenvalue weighted by atomic mass is 9.88.